The summed E-state index contributed by atoms with van der Waals surface area (Å²) in [5.74, 6) is -0.654. The number of carboxylic acids is 1. The third-order valence-corrected chi connectivity index (χ3v) is 5.15. The lowest BCUT2D eigenvalue weighted by atomic mass is 10.0. The molecular formula is C26H52O3S. The summed E-state index contributed by atoms with van der Waals surface area (Å²) in [7, 11) is -0.611. The lowest BCUT2D eigenvalue weighted by molar-refractivity contribution is -0.137. The molecular weight excluding hydrogens is 392 g/mol. The third kappa shape index (κ3) is 38.0. The van der Waals surface area contributed by atoms with Crippen LogP contribution >= 0.6 is 0 Å². The molecule has 0 bridgehead atoms. The van der Waals surface area contributed by atoms with Gasteiger partial charge in [0.2, 0.25) is 0 Å². The van der Waals surface area contributed by atoms with E-state index in [1.54, 1.807) is 12.5 Å². The molecule has 0 atom stereocenters. The third-order valence-electron chi connectivity index (χ3n) is 5.15. The highest BCUT2D eigenvalue weighted by Crippen LogP contribution is 2.13. The van der Waals surface area contributed by atoms with Crippen LogP contribution in [0.15, 0.2) is 12.2 Å². The van der Waals surface area contributed by atoms with Crippen molar-refractivity contribution in [3.05, 3.63) is 12.2 Å². The van der Waals surface area contributed by atoms with Gasteiger partial charge in [0.25, 0.3) is 0 Å². The van der Waals surface area contributed by atoms with Gasteiger partial charge in [-0.2, -0.15) is 0 Å². The van der Waals surface area contributed by atoms with E-state index < -0.39 is 16.8 Å². The van der Waals surface area contributed by atoms with E-state index >= 15 is 0 Å². The fraction of sp³-hybridized carbons (Fsp3) is 0.885. The highest BCUT2D eigenvalue weighted by Gasteiger charge is 1.97. The standard InChI is InChI=1S/C24H46O2.C2H6OS/c1-2-3-4-5-6-7-8-9-10-11-12-13-14-15-16-17-18-19-20-21-22-23-24(25)26;1-4(2)3/h9-10H,2-8,11-23H2,1H3,(H,25,26);1-2H3/b10-9-;. The van der Waals surface area contributed by atoms with Crippen molar-refractivity contribution >= 4 is 16.8 Å². The number of hydrogen-bond donors (Lipinski definition) is 1. The van der Waals surface area contributed by atoms with E-state index in [1.807, 2.05) is 0 Å². The molecule has 0 aliphatic carbocycles. The number of rotatable bonds is 21. The second-order valence-corrected chi connectivity index (χ2v) is 10.1. The smallest absolute Gasteiger partial charge is 0.303 e. The largest absolute Gasteiger partial charge is 0.481 e. The number of aliphatic carboxylic acids is 1. The van der Waals surface area contributed by atoms with Crippen LogP contribution in [0.25, 0.3) is 0 Å². The van der Waals surface area contributed by atoms with Crippen LogP contribution in [-0.4, -0.2) is 27.8 Å². The van der Waals surface area contributed by atoms with Crippen molar-refractivity contribution in [3.8, 4) is 0 Å². The molecule has 0 aliphatic heterocycles. The van der Waals surface area contributed by atoms with E-state index in [-0.39, 0.29) is 0 Å². The Labute approximate surface area is 191 Å². The molecule has 0 aliphatic rings. The fourth-order valence-electron chi connectivity index (χ4n) is 3.41. The molecule has 0 amide bonds. The van der Waals surface area contributed by atoms with E-state index in [1.165, 1.54) is 109 Å². The lowest BCUT2D eigenvalue weighted by Crippen LogP contribution is -1.93. The molecule has 0 rings (SSSR count). The summed E-state index contributed by atoms with van der Waals surface area (Å²) < 4.78 is 9.56. The normalized spacial score (nSPS) is 11.1. The van der Waals surface area contributed by atoms with Gasteiger partial charge in [0.15, 0.2) is 0 Å². The molecule has 0 heterocycles. The van der Waals surface area contributed by atoms with Gasteiger partial charge in [0.05, 0.1) is 0 Å². The minimum absolute atomic E-state index is 0.342. The first-order valence-corrected chi connectivity index (χ1v) is 14.6. The van der Waals surface area contributed by atoms with Gasteiger partial charge in [-0.1, -0.05) is 109 Å². The lowest BCUT2D eigenvalue weighted by Gasteiger charge is -2.02. The van der Waals surface area contributed by atoms with Gasteiger partial charge in [-0.3, -0.25) is 9.00 Å². The Balaban J connectivity index is 0. The first-order chi connectivity index (χ1) is 14.5. The van der Waals surface area contributed by atoms with Crippen molar-refractivity contribution in [1.82, 2.24) is 0 Å². The average molecular weight is 445 g/mol. The maximum atomic E-state index is 10.4. The van der Waals surface area contributed by atoms with Crippen LogP contribution in [0, 0.1) is 0 Å². The SMILES string of the molecule is CCCCCCCC/C=C\CCCCCCCCCCCCCC(=O)O.CS(C)=O. The minimum Gasteiger partial charge on any atom is -0.481 e. The van der Waals surface area contributed by atoms with Gasteiger partial charge < -0.3 is 5.11 Å². The summed E-state index contributed by atoms with van der Waals surface area (Å²) in [6, 6.07) is 0. The number of hydrogen-bond acceptors (Lipinski definition) is 2. The maximum Gasteiger partial charge on any atom is 0.303 e. The molecule has 0 fully saturated rings. The Morgan fingerprint density at radius 2 is 0.933 bits per heavy atom. The Morgan fingerprint density at radius 3 is 1.27 bits per heavy atom. The van der Waals surface area contributed by atoms with Crippen LogP contribution in [0.1, 0.15) is 135 Å². The summed E-state index contributed by atoms with van der Waals surface area (Å²) in [5, 5.41) is 8.57. The molecule has 0 saturated carbocycles. The molecule has 30 heavy (non-hydrogen) atoms. The zero-order valence-corrected chi connectivity index (χ0v) is 21.3. The van der Waals surface area contributed by atoms with Gasteiger partial charge in [-0.05, 0) is 32.1 Å². The monoisotopic (exact) mass is 444 g/mol. The van der Waals surface area contributed by atoms with E-state index in [9.17, 15) is 9.00 Å². The Kier molecular flexibility index (Phi) is 29.8. The summed E-state index contributed by atoms with van der Waals surface area (Å²) in [6.07, 6.45) is 33.4. The van der Waals surface area contributed by atoms with Crippen LogP contribution in [0.3, 0.4) is 0 Å². The number of carbonyl (C=O) groups is 1. The molecule has 0 saturated heterocycles. The predicted molar refractivity (Wildman–Crippen MR) is 135 cm³/mol. The number of allylic oxidation sites excluding steroid dienone is 2. The van der Waals surface area contributed by atoms with Crippen LogP contribution < -0.4 is 0 Å². The van der Waals surface area contributed by atoms with E-state index in [0.29, 0.717) is 6.42 Å². The topological polar surface area (TPSA) is 54.4 Å². The maximum absolute atomic E-state index is 10.4. The molecule has 180 valence electrons. The van der Waals surface area contributed by atoms with Crippen molar-refractivity contribution in [2.75, 3.05) is 12.5 Å². The Morgan fingerprint density at radius 1 is 0.633 bits per heavy atom. The second kappa shape index (κ2) is 28.4. The van der Waals surface area contributed by atoms with Crippen LogP contribution in [0.4, 0.5) is 0 Å². The highest BCUT2D eigenvalue weighted by atomic mass is 32.2. The average Bonchev–Trinajstić information content (AvgIpc) is 2.68. The van der Waals surface area contributed by atoms with Crippen LogP contribution in [-0.2, 0) is 15.6 Å². The molecule has 0 unspecified atom stereocenters. The molecule has 0 spiro atoms. The van der Waals surface area contributed by atoms with Crippen LogP contribution in [0.2, 0.25) is 0 Å². The van der Waals surface area contributed by atoms with Crippen molar-refractivity contribution in [1.29, 1.82) is 0 Å². The predicted octanol–water partition coefficient (Wildman–Crippen LogP) is 8.44. The summed E-state index contributed by atoms with van der Waals surface area (Å²) in [4.78, 5) is 10.4. The fourth-order valence-corrected chi connectivity index (χ4v) is 3.41. The summed E-state index contributed by atoms with van der Waals surface area (Å²) in [6.45, 7) is 2.28. The van der Waals surface area contributed by atoms with Gasteiger partial charge in [0.1, 0.15) is 0 Å². The van der Waals surface area contributed by atoms with Crippen molar-refractivity contribution in [2.45, 2.75) is 135 Å². The Bertz CT molecular complexity index is 390. The van der Waals surface area contributed by atoms with E-state index in [4.69, 9.17) is 5.11 Å². The highest BCUT2D eigenvalue weighted by molar-refractivity contribution is 7.83. The van der Waals surface area contributed by atoms with Crippen molar-refractivity contribution in [2.24, 2.45) is 0 Å². The quantitative estimate of drug-likeness (QED) is 0.143. The molecule has 0 aromatic carbocycles. The van der Waals surface area contributed by atoms with Crippen molar-refractivity contribution in [3.63, 3.8) is 0 Å². The molecule has 0 aromatic rings. The van der Waals surface area contributed by atoms with E-state index in [2.05, 4.69) is 19.1 Å². The molecule has 0 aromatic heterocycles. The Hall–Kier alpha value is -0.640. The van der Waals surface area contributed by atoms with Gasteiger partial charge in [-0.25, -0.2) is 0 Å². The zero-order valence-electron chi connectivity index (χ0n) is 20.5. The van der Waals surface area contributed by atoms with Gasteiger partial charge >= 0.3 is 5.97 Å². The van der Waals surface area contributed by atoms with E-state index in [0.717, 1.165) is 12.8 Å². The second-order valence-electron chi connectivity index (χ2n) is 8.59. The number of unbranched alkanes of at least 4 members (excludes halogenated alkanes) is 17. The molecule has 1 N–H and O–H groups in total. The molecule has 4 heteroatoms. The summed E-state index contributed by atoms with van der Waals surface area (Å²) in [5.41, 5.74) is 0. The minimum atomic E-state index is -0.654. The van der Waals surface area contributed by atoms with Gasteiger partial charge in [0, 0.05) is 29.7 Å². The molecule has 3 nitrogen and oxygen atoms in total. The van der Waals surface area contributed by atoms with Crippen molar-refractivity contribution < 1.29 is 14.1 Å². The van der Waals surface area contributed by atoms with Crippen LogP contribution in [0.5, 0.6) is 0 Å². The first-order valence-electron chi connectivity index (χ1n) is 12.6. The number of carboxylic acid groups (broad SMARTS) is 1. The summed E-state index contributed by atoms with van der Waals surface area (Å²) >= 11 is 0. The first kappa shape index (κ1) is 31.5. The zero-order chi connectivity index (χ0) is 22.7. The van der Waals surface area contributed by atoms with Gasteiger partial charge in [-0.15, -0.1) is 0 Å². The molecule has 0 radical (unpaired) electrons.